The molecule has 47 nitrogen and oxygen atoms in total. The molecule has 48 heteroatoms. The van der Waals surface area contributed by atoms with Gasteiger partial charge in [-0.3, -0.25) is 33.7 Å². The second-order valence-electron chi connectivity index (χ2n) is 32.6. The quantitative estimate of drug-likeness (QED) is 0.0176. The number of benzene rings is 3. The van der Waals surface area contributed by atoms with E-state index in [1.807, 2.05) is 79.7 Å². The maximum atomic E-state index is 14.1. The molecule has 0 spiro atoms. The molecule has 15 N–H and O–H groups in total. The van der Waals surface area contributed by atoms with Crippen LogP contribution in [0.5, 0.6) is 17.6 Å². The van der Waals surface area contributed by atoms with Gasteiger partial charge in [0, 0.05) is 76.9 Å². The minimum atomic E-state index is -1.28. The fourth-order valence-corrected chi connectivity index (χ4v) is 15.1. The normalized spacial score (nSPS) is 12.7. The molecule has 1 saturated heterocycles. The summed E-state index contributed by atoms with van der Waals surface area (Å²) < 4.78 is 104. The van der Waals surface area contributed by atoms with Gasteiger partial charge in [-0.05, 0) is 77.7 Å². The van der Waals surface area contributed by atoms with Crippen molar-refractivity contribution in [3.63, 3.8) is 0 Å². The lowest BCUT2D eigenvalue weighted by Crippen LogP contribution is -2.54. The van der Waals surface area contributed by atoms with E-state index < -0.39 is 11.6 Å². The predicted octanol–water partition coefficient (Wildman–Crippen LogP) is 4.99. The number of carbonyl (C=O) groups excluding carboxylic acids is 7. The zero-order valence-electron chi connectivity index (χ0n) is 81.3. The van der Waals surface area contributed by atoms with Gasteiger partial charge in [-0.1, -0.05) is 86.1 Å². The number of imide groups is 1. The van der Waals surface area contributed by atoms with E-state index in [0.29, 0.717) is 189 Å². The highest BCUT2D eigenvalue weighted by molar-refractivity contribution is 8.00. The topological polar surface area (TPSA) is 602 Å². The third kappa shape index (κ3) is 45.3. The highest BCUT2D eigenvalue weighted by Gasteiger charge is 2.38. The van der Waals surface area contributed by atoms with E-state index in [4.69, 9.17) is 102 Å². The fraction of sp³-hybridized carbons (Fsp3) is 0.579. The van der Waals surface area contributed by atoms with Crippen molar-refractivity contribution < 1.29 is 119 Å². The Morgan fingerprint density at radius 1 is 0.364 bits per heavy atom. The van der Waals surface area contributed by atoms with Crippen molar-refractivity contribution in [2.24, 2.45) is 0 Å². The van der Waals surface area contributed by atoms with E-state index in [1.54, 1.807) is 0 Å². The molecule has 0 radical (unpaired) electrons. The first-order valence-corrected chi connectivity index (χ1v) is 49.4. The monoisotopic (exact) mass is 2020 g/mol. The van der Waals surface area contributed by atoms with E-state index in [2.05, 4.69) is 91.7 Å². The molecule has 1 aliphatic heterocycles. The van der Waals surface area contributed by atoms with Gasteiger partial charge in [0.25, 0.3) is 0 Å². The van der Waals surface area contributed by atoms with Gasteiger partial charge in [0.05, 0.1) is 222 Å². The molecule has 9 aromatic rings. The minimum absolute atomic E-state index is 0.0359. The van der Waals surface area contributed by atoms with E-state index in [0.717, 1.165) is 45.6 Å². The van der Waals surface area contributed by atoms with Crippen LogP contribution in [0.3, 0.4) is 0 Å². The number of nitrogens with one attached hydrogen (secondary N) is 9. The molecule has 1 atom stereocenters. The number of nitrogens with zero attached hydrogens (tertiary/aromatic N) is 10. The summed E-state index contributed by atoms with van der Waals surface area (Å²) in [5.74, 6) is 0.578. The number of hydrogen-bond acceptors (Lipinski definition) is 38. The number of ether oxygens (including phenoxy) is 18. The molecule has 0 aliphatic carbocycles. The average Bonchev–Trinajstić information content (AvgIpc) is 1.72. The summed E-state index contributed by atoms with van der Waals surface area (Å²) in [4.78, 5) is 140. The zero-order chi connectivity index (χ0) is 101. The van der Waals surface area contributed by atoms with Crippen molar-refractivity contribution in [2.45, 2.75) is 134 Å². The number of carbonyl (C=O) groups is 7. The standard InChI is InChI=1S/C95H138N22O25S/c1-2-58-143-75-59-80(122)117(90(75)123)30-5-3-4-6-76(118)99-25-31-125-36-41-130-45-40-129-35-29-103-94(124)116-95(22-19-77(119)100-26-32-126-37-42-131-46-49-134-52-55-137-60-69-7-13-72(14-8-69)63-140-87-81-84(107-66-104-81)110-91(96)113-87,23-20-78(120)101-27-33-127-38-43-132-47-50-135-53-56-138-61-70-9-15-73(16-10-70)64-141-88-82-85(108-67-105-82)111-92(97)114-88)24-21-79(121)102-28-34-128-39-44-133-48-51-136-54-57-139-62-71-11-17-74(18-12-71)65-142-89-83-86(109-68-106-83)112-93(98)115-89/h7-18,66-68,75H,2-6,19-65H2,1H3,(H,99,118)(H,100,119)(H,101,120)(H,102,121)(H2,103,116,124)(H3,96,104,107,110,113)(H3,97,105,108,111,114)(H3,98,106,109,112,115). The van der Waals surface area contributed by atoms with E-state index in [-0.39, 0.29) is 249 Å². The number of nitrogens with two attached hydrogens (primary N) is 3. The Labute approximate surface area is 833 Å². The second kappa shape index (κ2) is 67.6. The molecule has 3 aromatic carbocycles. The van der Waals surface area contributed by atoms with Crippen LogP contribution in [-0.4, -0.2) is 340 Å². The summed E-state index contributed by atoms with van der Waals surface area (Å²) in [7, 11) is 0. The molecule has 1 unspecified atom stereocenters. The molecule has 0 bridgehead atoms. The average molecular weight is 2020 g/mol. The van der Waals surface area contributed by atoms with Gasteiger partial charge in [-0.25, -0.2) is 19.7 Å². The summed E-state index contributed by atoms with van der Waals surface area (Å²) in [5.41, 5.74) is 24.9. The number of thioether (sulfide) groups is 1. The first-order chi connectivity index (χ1) is 70.0. The lowest BCUT2D eigenvalue weighted by atomic mass is 9.83. The number of unbranched alkanes of at least 4 members (excludes halogenated alkanes) is 2. The maximum absolute atomic E-state index is 14.1. The lowest BCUT2D eigenvalue weighted by molar-refractivity contribution is -0.138. The Hall–Kier alpha value is -11.9. The lowest BCUT2D eigenvalue weighted by Gasteiger charge is -2.35. The van der Waals surface area contributed by atoms with Crippen LogP contribution in [-0.2, 0) is 139 Å². The van der Waals surface area contributed by atoms with Gasteiger partial charge >= 0.3 is 6.03 Å². The number of fused-ring (bicyclic) bond motifs is 3. The Morgan fingerprint density at radius 3 is 0.951 bits per heavy atom. The first-order valence-electron chi connectivity index (χ1n) is 48.3. The zero-order valence-corrected chi connectivity index (χ0v) is 82.1. The van der Waals surface area contributed by atoms with Crippen molar-refractivity contribution in [3.05, 3.63) is 125 Å². The number of imidazole rings is 3. The minimum Gasteiger partial charge on any atom is -0.471 e. The Morgan fingerprint density at radius 2 is 0.643 bits per heavy atom. The Kier molecular flexibility index (Phi) is 53.5. The summed E-state index contributed by atoms with van der Waals surface area (Å²) >= 11 is 1.54. The summed E-state index contributed by atoms with van der Waals surface area (Å²) in [6.45, 7) is 13.0. The predicted molar refractivity (Wildman–Crippen MR) is 525 cm³/mol. The summed E-state index contributed by atoms with van der Waals surface area (Å²) in [6, 6.07) is 22.8. The van der Waals surface area contributed by atoms with Crippen molar-refractivity contribution in [3.8, 4) is 17.6 Å². The number of anilines is 3. The largest absolute Gasteiger partial charge is 0.471 e. The van der Waals surface area contributed by atoms with Crippen LogP contribution >= 0.6 is 11.8 Å². The smallest absolute Gasteiger partial charge is 0.315 e. The van der Waals surface area contributed by atoms with Crippen LogP contribution in [0.25, 0.3) is 33.5 Å². The van der Waals surface area contributed by atoms with Crippen LogP contribution in [0.2, 0.25) is 0 Å². The number of H-pyrrole nitrogens is 3. The van der Waals surface area contributed by atoms with Crippen molar-refractivity contribution >= 4 is 105 Å². The summed E-state index contributed by atoms with van der Waals surface area (Å²) in [6.07, 6.45) is 7.84. The molecule has 1 fully saturated rings. The number of rotatable bonds is 82. The summed E-state index contributed by atoms with van der Waals surface area (Å²) in [5, 5.41) is 17.1. The SMILES string of the molecule is CCCSC1CC(=O)N(CCCCCC(=O)NCCOCCOCCOCCNC(=O)NC(CCC(=O)NCCOCCOCCOCCOCc2ccc(COc3nc(N)nc4[nH]cnc34)cc2)(CCC(=O)NCCOCCOCCOCCOCc2ccc(COc3nc(N)nc4[nH]cnc34)cc2)CCC(=O)NCCOCCOCCOCCOCc2ccc(COc3nc(N)nc4[nH]cnc34)cc2)C1=O. The van der Waals surface area contributed by atoms with Gasteiger partial charge in [0.2, 0.25) is 70.9 Å². The van der Waals surface area contributed by atoms with E-state index >= 15 is 0 Å². The molecular formula is C95H138N22O25S. The maximum Gasteiger partial charge on any atom is 0.315 e. The van der Waals surface area contributed by atoms with Crippen LogP contribution < -0.4 is 63.3 Å². The number of likely N-dealkylation sites (tertiary alicyclic amines) is 1. The van der Waals surface area contributed by atoms with Crippen molar-refractivity contribution in [1.29, 1.82) is 0 Å². The molecule has 7 heterocycles. The third-order valence-corrected chi connectivity index (χ3v) is 23.0. The number of urea groups is 1. The Bertz CT molecular complexity index is 4740. The van der Waals surface area contributed by atoms with Gasteiger partial charge < -0.3 is 149 Å². The van der Waals surface area contributed by atoms with E-state index in [9.17, 15) is 33.6 Å². The molecule has 784 valence electrons. The van der Waals surface area contributed by atoms with Crippen LogP contribution in [0.4, 0.5) is 22.6 Å². The van der Waals surface area contributed by atoms with Gasteiger partial charge in [0.1, 0.15) is 19.8 Å². The molecule has 8 amide bonds. The van der Waals surface area contributed by atoms with Crippen LogP contribution in [0.15, 0.2) is 91.8 Å². The highest BCUT2D eigenvalue weighted by atomic mass is 32.2. The molecule has 1 aliphatic rings. The number of nitrogen functional groups attached to an aromatic ring is 3. The van der Waals surface area contributed by atoms with Crippen LogP contribution in [0, 0.1) is 0 Å². The molecule has 6 aromatic heterocycles. The molecular weight excluding hydrogens is 1880 g/mol. The van der Waals surface area contributed by atoms with Crippen molar-refractivity contribution in [2.75, 3.05) is 241 Å². The molecule has 10 rings (SSSR count). The van der Waals surface area contributed by atoms with Crippen LogP contribution in [0.1, 0.15) is 117 Å². The third-order valence-electron chi connectivity index (χ3n) is 21.6. The fourth-order valence-electron chi connectivity index (χ4n) is 14.1. The molecule has 0 saturated carbocycles. The number of aromatic nitrogens is 12. The van der Waals surface area contributed by atoms with E-state index in [1.165, 1.54) is 35.6 Å². The van der Waals surface area contributed by atoms with Gasteiger partial charge in [-0.15, -0.1) is 11.8 Å². The number of hydrogen-bond donors (Lipinski definition) is 12. The molecule has 143 heavy (non-hydrogen) atoms. The van der Waals surface area contributed by atoms with Gasteiger partial charge in [0.15, 0.2) is 33.5 Å². The first kappa shape index (κ1) is 113. The van der Waals surface area contributed by atoms with Gasteiger partial charge in [-0.2, -0.15) is 29.9 Å². The number of amides is 8. The second-order valence-corrected chi connectivity index (χ2v) is 33.9. The highest BCUT2D eigenvalue weighted by Crippen LogP contribution is 2.30. The Balaban J connectivity index is 0.612. The van der Waals surface area contributed by atoms with Crippen molar-refractivity contribution in [1.82, 2.24) is 96.6 Å². The number of aromatic amines is 3.